The molecule has 0 aliphatic heterocycles. The quantitative estimate of drug-likeness (QED) is 0.614. The van der Waals surface area contributed by atoms with E-state index in [-0.39, 0.29) is 0 Å². The van der Waals surface area contributed by atoms with Gasteiger partial charge in [-0.2, -0.15) is 0 Å². The van der Waals surface area contributed by atoms with E-state index < -0.39 is 0 Å². The van der Waals surface area contributed by atoms with Crippen LogP contribution >= 0.6 is 9.24 Å². The van der Waals surface area contributed by atoms with Crippen LogP contribution in [0.1, 0.15) is 19.4 Å². The number of phenols is 1. The van der Waals surface area contributed by atoms with Gasteiger partial charge in [-0.25, -0.2) is 0 Å². The van der Waals surface area contributed by atoms with E-state index in [1.807, 2.05) is 19.1 Å². The first-order chi connectivity index (χ1) is 5.52. The molecular weight excluding hydrogens is 167 g/mol. The molecule has 1 rings (SSSR count). The monoisotopic (exact) mass is 184 g/mol. The molecule has 68 valence electrons. The fraction of sp³-hybridized carbons (Fsp3) is 0.400. The summed E-state index contributed by atoms with van der Waals surface area (Å²) in [5, 5.41) is 8.76. The molecule has 0 aromatic heterocycles. The summed E-state index contributed by atoms with van der Waals surface area (Å²) in [5.41, 5.74) is 1.92. The van der Waals surface area contributed by atoms with Gasteiger partial charge in [0.05, 0.1) is 0 Å². The van der Waals surface area contributed by atoms with Gasteiger partial charge in [-0.15, -0.1) is 9.24 Å². The van der Waals surface area contributed by atoms with Crippen molar-refractivity contribution >= 4 is 9.24 Å². The molecular formula is C10H17OP. The molecule has 1 nitrogen and oxygen atoms in total. The van der Waals surface area contributed by atoms with E-state index in [4.69, 9.17) is 5.11 Å². The van der Waals surface area contributed by atoms with Crippen molar-refractivity contribution in [2.45, 2.75) is 26.4 Å². The molecule has 1 atom stereocenters. The zero-order chi connectivity index (χ0) is 9.56. The summed E-state index contributed by atoms with van der Waals surface area (Å²) in [6, 6.07) is 7.09. The summed E-state index contributed by atoms with van der Waals surface area (Å²) in [4.78, 5) is 0. The van der Waals surface area contributed by atoms with Gasteiger partial charge in [-0.3, -0.25) is 0 Å². The normalized spacial score (nSPS) is 9.08. The van der Waals surface area contributed by atoms with Gasteiger partial charge in [-0.1, -0.05) is 31.5 Å². The number of aromatic hydroxyl groups is 1. The highest BCUT2D eigenvalue weighted by Crippen LogP contribution is 2.07. The van der Waals surface area contributed by atoms with Crippen LogP contribution in [0.5, 0.6) is 5.75 Å². The number of hydrogen-bond acceptors (Lipinski definition) is 1. The molecule has 0 radical (unpaired) electrons. The molecule has 1 N–H and O–H groups in total. The van der Waals surface area contributed by atoms with Crippen molar-refractivity contribution in [2.75, 3.05) is 0 Å². The van der Waals surface area contributed by atoms with Crippen LogP contribution < -0.4 is 0 Å². The predicted octanol–water partition coefficient (Wildman–Crippen LogP) is 2.97. The van der Waals surface area contributed by atoms with Gasteiger partial charge >= 0.3 is 0 Å². The molecule has 2 heteroatoms. The maximum absolute atomic E-state index is 8.76. The van der Waals surface area contributed by atoms with Crippen LogP contribution in [0.2, 0.25) is 0 Å². The van der Waals surface area contributed by atoms with Crippen molar-refractivity contribution in [2.24, 2.45) is 0 Å². The lowest BCUT2D eigenvalue weighted by atomic mass is 10.2. The summed E-state index contributed by atoms with van der Waals surface area (Å²) < 4.78 is 0. The minimum atomic E-state index is 0.329. The lowest BCUT2D eigenvalue weighted by molar-refractivity contribution is 0.475. The Bertz CT molecular complexity index is 180. The zero-order valence-corrected chi connectivity index (χ0v) is 9.07. The summed E-state index contributed by atoms with van der Waals surface area (Å²) >= 11 is 0. The Kier molecular flexibility index (Phi) is 5.74. The van der Waals surface area contributed by atoms with Crippen LogP contribution in [0.3, 0.4) is 0 Å². The highest BCUT2D eigenvalue weighted by atomic mass is 31.0. The van der Waals surface area contributed by atoms with Crippen molar-refractivity contribution in [3.63, 3.8) is 0 Å². The smallest absolute Gasteiger partial charge is 0.115 e. The molecule has 0 amide bonds. The first-order valence-corrected chi connectivity index (χ1v) is 4.70. The largest absolute Gasteiger partial charge is 0.508 e. The van der Waals surface area contributed by atoms with E-state index in [2.05, 4.69) is 23.1 Å². The molecule has 1 aromatic carbocycles. The van der Waals surface area contributed by atoms with Crippen LogP contribution in [0.4, 0.5) is 0 Å². The molecule has 0 aliphatic rings. The van der Waals surface area contributed by atoms with Crippen LogP contribution in [-0.2, 0) is 0 Å². The second-order valence-corrected chi connectivity index (χ2v) is 4.41. The second kappa shape index (κ2) is 6.02. The van der Waals surface area contributed by atoms with Crippen molar-refractivity contribution < 1.29 is 5.11 Å². The minimum Gasteiger partial charge on any atom is -0.508 e. The second-order valence-electron chi connectivity index (χ2n) is 3.08. The van der Waals surface area contributed by atoms with E-state index in [0.717, 1.165) is 5.66 Å². The van der Waals surface area contributed by atoms with Crippen molar-refractivity contribution in [3.8, 4) is 5.75 Å². The predicted molar refractivity (Wildman–Crippen MR) is 57.7 cm³/mol. The Morgan fingerprint density at radius 3 is 1.75 bits per heavy atom. The van der Waals surface area contributed by atoms with Gasteiger partial charge in [-0.05, 0) is 24.7 Å². The van der Waals surface area contributed by atoms with Gasteiger partial charge in [0, 0.05) is 0 Å². The third-order valence-corrected chi connectivity index (χ3v) is 1.03. The fourth-order valence-electron chi connectivity index (χ4n) is 0.545. The van der Waals surface area contributed by atoms with Gasteiger partial charge < -0.3 is 5.11 Å². The molecule has 0 spiro atoms. The highest BCUT2D eigenvalue weighted by molar-refractivity contribution is 7.17. The van der Waals surface area contributed by atoms with Crippen molar-refractivity contribution in [3.05, 3.63) is 29.8 Å². The van der Waals surface area contributed by atoms with E-state index in [1.165, 1.54) is 5.56 Å². The zero-order valence-electron chi connectivity index (χ0n) is 7.91. The Hall–Kier alpha value is -0.550. The van der Waals surface area contributed by atoms with E-state index in [0.29, 0.717) is 5.75 Å². The fourth-order valence-corrected chi connectivity index (χ4v) is 0.545. The molecule has 12 heavy (non-hydrogen) atoms. The van der Waals surface area contributed by atoms with Gasteiger partial charge in [0.15, 0.2) is 0 Å². The molecule has 0 saturated carbocycles. The number of benzene rings is 1. The Morgan fingerprint density at radius 1 is 1.17 bits per heavy atom. The first kappa shape index (κ1) is 11.4. The number of phenolic OH excluding ortho intramolecular Hbond substituents is 1. The molecule has 0 heterocycles. The van der Waals surface area contributed by atoms with Gasteiger partial charge in [0.2, 0.25) is 0 Å². The Labute approximate surface area is 77.0 Å². The minimum absolute atomic E-state index is 0.329. The molecule has 0 aliphatic carbocycles. The number of aryl methyl sites for hydroxylation is 1. The first-order valence-electron chi connectivity index (χ1n) is 4.03. The summed E-state index contributed by atoms with van der Waals surface area (Å²) in [6.45, 7) is 6.24. The Balaban J connectivity index is 0.000000261. The molecule has 0 saturated heterocycles. The summed E-state index contributed by atoms with van der Waals surface area (Å²) in [5.74, 6) is 0.329. The van der Waals surface area contributed by atoms with Gasteiger partial charge in [0.1, 0.15) is 5.75 Å². The highest BCUT2D eigenvalue weighted by Gasteiger charge is 1.82. The van der Waals surface area contributed by atoms with Crippen molar-refractivity contribution in [1.29, 1.82) is 0 Å². The van der Waals surface area contributed by atoms with Crippen molar-refractivity contribution in [1.82, 2.24) is 0 Å². The Morgan fingerprint density at radius 2 is 1.50 bits per heavy atom. The van der Waals surface area contributed by atoms with E-state index in [9.17, 15) is 0 Å². The van der Waals surface area contributed by atoms with Gasteiger partial charge in [0.25, 0.3) is 0 Å². The van der Waals surface area contributed by atoms with Crippen LogP contribution in [0, 0.1) is 6.92 Å². The topological polar surface area (TPSA) is 20.2 Å². The van der Waals surface area contributed by atoms with Crippen LogP contribution in [0.15, 0.2) is 24.3 Å². The maximum Gasteiger partial charge on any atom is 0.115 e. The lowest BCUT2D eigenvalue weighted by Crippen LogP contribution is -1.69. The molecule has 0 bridgehead atoms. The van der Waals surface area contributed by atoms with E-state index in [1.54, 1.807) is 12.1 Å². The standard InChI is InChI=1S/C7H8O.C3H9P/c1-6-2-4-7(8)5-3-6;1-3(2)4/h2-5,8H,1H3;3H,4H2,1-2H3. The SMILES string of the molecule is CC(C)P.Cc1ccc(O)cc1. The average molecular weight is 184 g/mol. The third-order valence-electron chi connectivity index (χ3n) is 1.03. The third kappa shape index (κ3) is 7.56. The molecule has 1 unspecified atom stereocenters. The van der Waals surface area contributed by atoms with Crippen LogP contribution in [-0.4, -0.2) is 10.8 Å². The summed E-state index contributed by atoms with van der Waals surface area (Å²) in [6.07, 6.45) is 0. The lowest BCUT2D eigenvalue weighted by Gasteiger charge is -1.89. The number of rotatable bonds is 0. The number of hydrogen-bond donors (Lipinski definition) is 1. The summed E-state index contributed by atoms with van der Waals surface area (Å²) in [7, 11) is 2.66. The molecule has 1 aromatic rings. The maximum atomic E-state index is 8.76. The average Bonchev–Trinajstić information content (AvgIpc) is 1.94. The van der Waals surface area contributed by atoms with Crippen LogP contribution in [0.25, 0.3) is 0 Å². The molecule has 0 fully saturated rings. The van der Waals surface area contributed by atoms with E-state index >= 15 is 0 Å².